The van der Waals surface area contributed by atoms with Crippen molar-refractivity contribution in [1.29, 1.82) is 0 Å². The maximum Gasteiger partial charge on any atom is 0.416 e. The van der Waals surface area contributed by atoms with Gasteiger partial charge in [0.15, 0.2) is 5.78 Å². The summed E-state index contributed by atoms with van der Waals surface area (Å²) in [5, 5.41) is 0. The molecule has 0 spiro atoms. The molecular weight excluding hydrogens is 241 g/mol. The third-order valence-corrected chi connectivity index (χ3v) is 2.48. The second-order valence-corrected chi connectivity index (χ2v) is 4.02. The van der Waals surface area contributed by atoms with E-state index >= 15 is 0 Å². The standard InChI is InChI=1S/C14H15F3O/c1-2-3-4-13(18)10-7-11-5-8-12(9-6-11)14(15,16)17/h5-10H,2-4H2,1H3/b10-7+. The number of carbonyl (C=O) groups excluding carboxylic acids is 1. The van der Waals surface area contributed by atoms with E-state index in [1.807, 2.05) is 6.92 Å². The van der Waals surface area contributed by atoms with Crippen molar-refractivity contribution in [3.8, 4) is 0 Å². The second kappa shape index (κ2) is 6.38. The van der Waals surface area contributed by atoms with Gasteiger partial charge < -0.3 is 0 Å². The normalized spacial score (nSPS) is 12.0. The Kier molecular flexibility index (Phi) is 5.13. The van der Waals surface area contributed by atoms with Gasteiger partial charge in [-0.1, -0.05) is 31.6 Å². The van der Waals surface area contributed by atoms with Crippen LogP contribution in [0.2, 0.25) is 0 Å². The van der Waals surface area contributed by atoms with Gasteiger partial charge in [0.25, 0.3) is 0 Å². The van der Waals surface area contributed by atoms with Crippen LogP contribution in [0.1, 0.15) is 37.3 Å². The van der Waals surface area contributed by atoms with Gasteiger partial charge in [0, 0.05) is 6.42 Å². The third-order valence-electron chi connectivity index (χ3n) is 2.48. The molecule has 0 fully saturated rings. The fourth-order valence-electron chi connectivity index (χ4n) is 1.41. The maximum absolute atomic E-state index is 12.3. The number of hydrogen-bond acceptors (Lipinski definition) is 1. The SMILES string of the molecule is CCCCC(=O)/C=C/c1ccc(C(F)(F)F)cc1. The number of rotatable bonds is 5. The van der Waals surface area contributed by atoms with Crippen molar-refractivity contribution < 1.29 is 18.0 Å². The minimum atomic E-state index is -4.32. The first-order chi connectivity index (χ1) is 8.43. The molecular formula is C14H15F3O. The van der Waals surface area contributed by atoms with Crippen LogP contribution < -0.4 is 0 Å². The first-order valence-electron chi connectivity index (χ1n) is 5.81. The number of carbonyl (C=O) groups is 1. The first-order valence-corrected chi connectivity index (χ1v) is 5.81. The highest BCUT2D eigenvalue weighted by atomic mass is 19.4. The van der Waals surface area contributed by atoms with Gasteiger partial charge in [0.05, 0.1) is 5.56 Å². The lowest BCUT2D eigenvalue weighted by Gasteiger charge is -2.05. The molecule has 0 aliphatic carbocycles. The molecule has 0 heterocycles. The van der Waals surface area contributed by atoms with E-state index in [4.69, 9.17) is 0 Å². The summed E-state index contributed by atoms with van der Waals surface area (Å²) in [7, 11) is 0. The van der Waals surface area contributed by atoms with E-state index in [9.17, 15) is 18.0 Å². The van der Waals surface area contributed by atoms with Crippen LogP contribution in [0.4, 0.5) is 13.2 Å². The fourth-order valence-corrected chi connectivity index (χ4v) is 1.41. The topological polar surface area (TPSA) is 17.1 Å². The summed E-state index contributed by atoms with van der Waals surface area (Å²) in [6, 6.07) is 4.73. The predicted molar refractivity (Wildman–Crippen MR) is 65.0 cm³/mol. The molecule has 0 aliphatic heterocycles. The molecule has 0 unspecified atom stereocenters. The summed E-state index contributed by atoms with van der Waals surface area (Å²) >= 11 is 0. The molecule has 0 atom stereocenters. The number of benzene rings is 1. The Bertz CT molecular complexity index is 416. The quantitative estimate of drug-likeness (QED) is 0.710. The van der Waals surface area contributed by atoms with Gasteiger partial charge in [-0.15, -0.1) is 0 Å². The first kappa shape index (κ1) is 14.5. The van der Waals surface area contributed by atoms with Crippen molar-refractivity contribution in [1.82, 2.24) is 0 Å². The molecule has 4 heteroatoms. The lowest BCUT2D eigenvalue weighted by atomic mass is 10.1. The Morgan fingerprint density at radius 2 is 1.83 bits per heavy atom. The second-order valence-electron chi connectivity index (χ2n) is 4.02. The van der Waals surface area contributed by atoms with E-state index in [0.717, 1.165) is 25.0 Å². The number of alkyl halides is 3. The van der Waals surface area contributed by atoms with Crippen LogP contribution in [-0.4, -0.2) is 5.78 Å². The number of ketones is 1. The van der Waals surface area contributed by atoms with E-state index in [1.165, 1.54) is 24.3 Å². The Morgan fingerprint density at radius 1 is 1.22 bits per heavy atom. The van der Waals surface area contributed by atoms with Crippen molar-refractivity contribution in [2.75, 3.05) is 0 Å². The van der Waals surface area contributed by atoms with Crippen LogP contribution >= 0.6 is 0 Å². The number of allylic oxidation sites excluding steroid dienone is 1. The average Bonchev–Trinajstić information content (AvgIpc) is 2.33. The van der Waals surface area contributed by atoms with Crippen LogP contribution in [0.15, 0.2) is 30.3 Å². The Balaban J connectivity index is 2.64. The lowest BCUT2D eigenvalue weighted by molar-refractivity contribution is -0.137. The minimum absolute atomic E-state index is 0.00301. The van der Waals surface area contributed by atoms with E-state index in [-0.39, 0.29) is 5.78 Å². The van der Waals surface area contributed by atoms with Crippen molar-refractivity contribution in [3.05, 3.63) is 41.5 Å². The van der Waals surface area contributed by atoms with Crippen LogP contribution in [0.3, 0.4) is 0 Å². The molecule has 0 bridgehead atoms. The largest absolute Gasteiger partial charge is 0.416 e. The highest BCUT2D eigenvalue weighted by Gasteiger charge is 2.29. The molecule has 1 rings (SSSR count). The highest BCUT2D eigenvalue weighted by molar-refractivity contribution is 5.93. The van der Waals surface area contributed by atoms with Crippen LogP contribution in [0.25, 0.3) is 6.08 Å². The minimum Gasteiger partial charge on any atom is -0.295 e. The number of unbranched alkanes of at least 4 members (excludes halogenated alkanes) is 1. The van der Waals surface area contributed by atoms with E-state index < -0.39 is 11.7 Å². The highest BCUT2D eigenvalue weighted by Crippen LogP contribution is 2.29. The molecule has 1 aromatic rings. The molecule has 0 radical (unpaired) electrons. The maximum atomic E-state index is 12.3. The van der Waals surface area contributed by atoms with E-state index in [1.54, 1.807) is 0 Å². The molecule has 0 saturated heterocycles. The van der Waals surface area contributed by atoms with Crippen LogP contribution in [0, 0.1) is 0 Å². The Labute approximate surface area is 104 Å². The van der Waals surface area contributed by atoms with Crippen molar-refractivity contribution in [2.45, 2.75) is 32.4 Å². The monoisotopic (exact) mass is 256 g/mol. The van der Waals surface area contributed by atoms with Crippen molar-refractivity contribution >= 4 is 11.9 Å². The Hall–Kier alpha value is -1.58. The van der Waals surface area contributed by atoms with Gasteiger partial charge in [0.1, 0.15) is 0 Å². The molecule has 1 nitrogen and oxygen atoms in total. The summed E-state index contributed by atoms with van der Waals surface area (Å²) in [5.41, 5.74) is -0.0928. The van der Waals surface area contributed by atoms with Crippen LogP contribution in [0.5, 0.6) is 0 Å². The average molecular weight is 256 g/mol. The number of halogens is 3. The van der Waals surface area contributed by atoms with Gasteiger partial charge in [0.2, 0.25) is 0 Å². The molecule has 0 amide bonds. The van der Waals surface area contributed by atoms with Gasteiger partial charge in [-0.05, 0) is 30.2 Å². The van der Waals surface area contributed by atoms with Gasteiger partial charge >= 0.3 is 6.18 Å². The summed E-state index contributed by atoms with van der Waals surface area (Å²) in [5.74, 6) is -0.00301. The lowest BCUT2D eigenvalue weighted by Crippen LogP contribution is -2.04. The molecule has 18 heavy (non-hydrogen) atoms. The Morgan fingerprint density at radius 3 is 2.33 bits per heavy atom. The zero-order valence-corrected chi connectivity index (χ0v) is 10.1. The zero-order chi connectivity index (χ0) is 13.6. The third kappa shape index (κ3) is 4.73. The molecule has 0 saturated carbocycles. The zero-order valence-electron chi connectivity index (χ0n) is 10.1. The predicted octanol–water partition coefficient (Wildman–Crippen LogP) is 4.48. The molecule has 0 aromatic heterocycles. The molecule has 1 aromatic carbocycles. The van der Waals surface area contributed by atoms with Crippen LogP contribution in [-0.2, 0) is 11.0 Å². The molecule has 98 valence electrons. The van der Waals surface area contributed by atoms with E-state index in [2.05, 4.69) is 0 Å². The summed E-state index contributed by atoms with van der Waals surface area (Å²) < 4.78 is 36.9. The van der Waals surface area contributed by atoms with Crippen molar-refractivity contribution in [2.24, 2.45) is 0 Å². The summed E-state index contributed by atoms with van der Waals surface area (Å²) in [4.78, 5) is 11.3. The van der Waals surface area contributed by atoms with E-state index in [0.29, 0.717) is 12.0 Å². The van der Waals surface area contributed by atoms with Gasteiger partial charge in [-0.25, -0.2) is 0 Å². The summed E-state index contributed by atoms with van der Waals surface area (Å²) in [6.07, 6.45) is 0.888. The molecule has 0 N–H and O–H groups in total. The number of hydrogen-bond donors (Lipinski definition) is 0. The van der Waals surface area contributed by atoms with Gasteiger partial charge in [-0.2, -0.15) is 13.2 Å². The summed E-state index contributed by atoms with van der Waals surface area (Å²) in [6.45, 7) is 1.99. The van der Waals surface area contributed by atoms with Crippen molar-refractivity contribution in [3.63, 3.8) is 0 Å². The van der Waals surface area contributed by atoms with Gasteiger partial charge in [-0.3, -0.25) is 4.79 Å². The fraction of sp³-hybridized carbons (Fsp3) is 0.357. The molecule has 0 aliphatic rings. The smallest absolute Gasteiger partial charge is 0.295 e.